The standard InChI is InChI=1S/C24H31NO2/c1-18(2)20-8-10-21(11-9-20)24(26)25-22-12-14-23(15-13-22)27-17-16-19-6-4-3-5-7-19/h8-15,18-19H,3-7,16-17H2,1-2H3,(H,25,26). The van der Waals surface area contributed by atoms with Gasteiger partial charge in [0.15, 0.2) is 0 Å². The van der Waals surface area contributed by atoms with E-state index in [4.69, 9.17) is 4.74 Å². The van der Waals surface area contributed by atoms with E-state index in [1.54, 1.807) is 0 Å². The molecule has 1 amide bonds. The molecule has 1 aliphatic rings. The molecule has 2 aromatic carbocycles. The minimum Gasteiger partial charge on any atom is -0.494 e. The lowest BCUT2D eigenvalue weighted by Gasteiger charge is -2.21. The summed E-state index contributed by atoms with van der Waals surface area (Å²) < 4.78 is 5.88. The molecular formula is C24H31NO2. The molecule has 0 spiro atoms. The maximum atomic E-state index is 12.4. The van der Waals surface area contributed by atoms with Gasteiger partial charge in [0.2, 0.25) is 0 Å². The topological polar surface area (TPSA) is 38.3 Å². The summed E-state index contributed by atoms with van der Waals surface area (Å²) in [6.45, 7) is 5.07. The van der Waals surface area contributed by atoms with E-state index < -0.39 is 0 Å². The zero-order chi connectivity index (χ0) is 19.1. The SMILES string of the molecule is CC(C)c1ccc(C(=O)Nc2ccc(OCCC3CCCCC3)cc2)cc1. The van der Waals surface area contributed by atoms with E-state index in [1.165, 1.54) is 37.7 Å². The van der Waals surface area contributed by atoms with Crippen LogP contribution >= 0.6 is 0 Å². The minimum atomic E-state index is -0.0868. The molecule has 0 atom stereocenters. The molecule has 0 aliphatic heterocycles. The third-order valence-electron chi connectivity index (χ3n) is 5.47. The van der Waals surface area contributed by atoms with Gasteiger partial charge in [0.25, 0.3) is 5.91 Å². The van der Waals surface area contributed by atoms with Crippen LogP contribution in [0.2, 0.25) is 0 Å². The van der Waals surface area contributed by atoms with Crippen LogP contribution in [0.3, 0.4) is 0 Å². The number of rotatable bonds is 7. The van der Waals surface area contributed by atoms with Crippen molar-refractivity contribution in [1.82, 2.24) is 0 Å². The Labute approximate surface area is 163 Å². The lowest BCUT2D eigenvalue weighted by molar-refractivity contribution is 0.102. The van der Waals surface area contributed by atoms with Crippen LogP contribution in [0.15, 0.2) is 48.5 Å². The van der Waals surface area contributed by atoms with E-state index >= 15 is 0 Å². The maximum Gasteiger partial charge on any atom is 0.255 e. The summed E-state index contributed by atoms with van der Waals surface area (Å²) in [6.07, 6.45) is 7.99. The van der Waals surface area contributed by atoms with Crippen molar-refractivity contribution >= 4 is 11.6 Å². The van der Waals surface area contributed by atoms with Crippen LogP contribution in [0.1, 0.15) is 74.2 Å². The molecule has 0 unspecified atom stereocenters. The highest BCUT2D eigenvalue weighted by Crippen LogP contribution is 2.26. The van der Waals surface area contributed by atoms with Crippen molar-refractivity contribution in [3.63, 3.8) is 0 Å². The number of hydrogen-bond donors (Lipinski definition) is 1. The zero-order valence-corrected chi connectivity index (χ0v) is 16.5. The Bertz CT molecular complexity index is 713. The monoisotopic (exact) mass is 365 g/mol. The van der Waals surface area contributed by atoms with Gasteiger partial charge in [0, 0.05) is 11.3 Å². The summed E-state index contributed by atoms with van der Waals surface area (Å²) in [5, 5.41) is 2.95. The van der Waals surface area contributed by atoms with Gasteiger partial charge in [-0.2, -0.15) is 0 Å². The smallest absolute Gasteiger partial charge is 0.255 e. The van der Waals surface area contributed by atoms with Gasteiger partial charge in [-0.25, -0.2) is 0 Å². The van der Waals surface area contributed by atoms with E-state index in [0.717, 1.165) is 30.4 Å². The van der Waals surface area contributed by atoms with Gasteiger partial charge in [-0.05, 0) is 60.2 Å². The zero-order valence-electron chi connectivity index (χ0n) is 16.5. The van der Waals surface area contributed by atoms with Gasteiger partial charge >= 0.3 is 0 Å². The number of ether oxygens (including phenoxy) is 1. The van der Waals surface area contributed by atoms with Crippen LogP contribution in [0.5, 0.6) is 5.75 Å². The predicted molar refractivity (Wildman–Crippen MR) is 112 cm³/mol. The fraction of sp³-hybridized carbons (Fsp3) is 0.458. The molecule has 0 radical (unpaired) electrons. The Hall–Kier alpha value is -2.29. The predicted octanol–water partition coefficient (Wildman–Crippen LogP) is 6.41. The second-order valence-corrected chi connectivity index (χ2v) is 7.90. The molecule has 0 saturated heterocycles. The molecule has 2 aromatic rings. The van der Waals surface area contributed by atoms with Gasteiger partial charge in [-0.1, -0.05) is 58.1 Å². The number of amides is 1. The second kappa shape index (κ2) is 9.59. The number of benzene rings is 2. The van der Waals surface area contributed by atoms with Crippen LogP contribution in [0.4, 0.5) is 5.69 Å². The van der Waals surface area contributed by atoms with Crippen molar-refractivity contribution in [2.24, 2.45) is 5.92 Å². The molecule has 0 bridgehead atoms. The molecule has 1 aliphatic carbocycles. The van der Waals surface area contributed by atoms with E-state index in [9.17, 15) is 4.79 Å². The van der Waals surface area contributed by atoms with Crippen LogP contribution in [-0.4, -0.2) is 12.5 Å². The van der Waals surface area contributed by atoms with Gasteiger partial charge in [-0.15, -0.1) is 0 Å². The fourth-order valence-corrected chi connectivity index (χ4v) is 3.68. The molecule has 3 rings (SSSR count). The Morgan fingerprint density at radius 2 is 1.67 bits per heavy atom. The first-order valence-corrected chi connectivity index (χ1v) is 10.3. The summed E-state index contributed by atoms with van der Waals surface area (Å²) in [5.41, 5.74) is 2.70. The molecule has 0 heterocycles. The highest BCUT2D eigenvalue weighted by Gasteiger charge is 2.13. The minimum absolute atomic E-state index is 0.0868. The first-order valence-electron chi connectivity index (χ1n) is 10.3. The third-order valence-corrected chi connectivity index (χ3v) is 5.47. The number of carbonyl (C=O) groups excluding carboxylic acids is 1. The lowest BCUT2D eigenvalue weighted by Crippen LogP contribution is -2.12. The molecule has 27 heavy (non-hydrogen) atoms. The van der Waals surface area contributed by atoms with Crippen molar-refractivity contribution in [2.45, 2.75) is 58.3 Å². The number of nitrogens with one attached hydrogen (secondary N) is 1. The maximum absolute atomic E-state index is 12.4. The summed E-state index contributed by atoms with van der Waals surface area (Å²) in [5.74, 6) is 2.08. The van der Waals surface area contributed by atoms with Gasteiger partial charge in [-0.3, -0.25) is 4.79 Å². The molecule has 3 nitrogen and oxygen atoms in total. The van der Waals surface area contributed by atoms with Crippen LogP contribution in [-0.2, 0) is 0 Å². The Morgan fingerprint density at radius 1 is 1.00 bits per heavy atom. The Balaban J connectivity index is 1.47. The van der Waals surface area contributed by atoms with Gasteiger partial charge in [0.1, 0.15) is 5.75 Å². The fourth-order valence-electron chi connectivity index (χ4n) is 3.68. The summed E-state index contributed by atoms with van der Waals surface area (Å²) >= 11 is 0. The highest BCUT2D eigenvalue weighted by atomic mass is 16.5. The quantitative estimate of drug-likeness (QED) is 0.615. The summed E-state index contributed by atoms with van der Waals surface area (Å²) in [7, 11) is 0. The van der Waals surface area contributed by atoms with Gasteiger partial charge in [0.05, 0.1) is 6.61 Å². The summed E-state index contributed by atoms with van der Waals surface area (Å²) in [4.78, 5) is 12.4. The van der Waals surface area contributed by atoms with Crippen LogP contribution < -0.4 is 10.1 Å². The molecule has 1 N–H and O–H groups in total. The van der Waals surface area contributed by atoms with Crippen molar-refractivity contribution in [3.8, 4) is 5.75 Å². The number of hydrogen-bond acceptors (Lipinski definition) is 2. The van der Waals surface area contributed by atoms with Crippen molar-refractivity contribution in [3.05, 3.63) is 59.7 Å². The van der Waals surface area contributed by atoms with Crippen molar-refractivity contribution < 1.29 is 9.53 Å². The average molecular weight is 366 g/mol. The highest BCUT2D eigenvalue weighted by molar-refractivity contribution is 6.04. The normalized spacial score (nSPS) is 14.9. The van der Waals surface area contributed by atoms with Crippen LogP contribution in [0, 0.1) is 5.92 Å². The van der Waals surface area contributed by atoms with E-state index in [1.807, 2.05) is 48.5 Å². The number of anilines is 1. The largest absolute Gasteiger partial charge is 0.494 e. The Kier molecular flexibility index (Phi) is 6.92. The first-order chi connectivity index (χ1) is 13.1. The van der Waals surface area contributed by atoms with Crippen molar-refractivity contribution in [2.75, 3.05) is 11.9 Å². The van der Waals surface area contributed by atoms with E-state index in [2.05, 4.69) is 19.2 Å². The molecule has 1 fully saturated rings. The van der Waals surface area contributed by atoms with E-state index in [0.29, 0.717) is 11.5 Å². The lowest BCUT2D eigenvalue weighted by atomic mass is 9.87. The average Bonchev–Trinajstić information content (AvgIpc) is 2.70. The summed E-state index contributed by atoms with van der Waals surface area (Å²) in [6, 6.07) is 15.5. The molecule has 144 valence electrons. The second-order valence-electron chi connectivity index (χ2n) is 7.90. The van der Waals surface area contributed by atoms with Gasteiger partial charge < -0.3 is 10.1 Å². The van der Waals surface area contributed by atoms with Crippen molar-refractivity contribution in [1.29, 1.82) is 0 Å². The third kappa shape index (κ3) is 5.85. The number of carbonyl (C=O) groups is 1. The first kappa shape index (κ1) is 19.5. The van der Waals surface area contributed by atoms with Crippen LogP contribution in [0.25, 0.3) is 0 Å². The molecule has 0 aromatic heterocycles. The molecule has 1 saturated carbocycles. The Morgan fingerprint density at radius 3 is 2.30 bits per heavy atom. The van der Waals surface area contributed by atoms with E-state index in [-0.39, 0.29) is 5.91 Å². The molecule has 3 heteroatoms. The molecular weight excluding hydrogens is 334 g/mol.